The van der Waals surface area contributed by atoms with Crippen molar-refractivity contribution in [2.45, 2.75) is 26.7 Å². The maximum atomic E-state index is 12.3. The van der Waals surface area contributed by atoms with Crippen LogP contribution in [0.25, 0.3) is 0 Å². The molecule has 4 heteroatoms. The molecule has 1 aliphatic carbocycles. The molecule has 0 aromatic carbocycles. The predicted octanol–water partition coefficient (Wildman–Crippen LogP) is 2.90. The molecular formula is C19H15N3O. The SMILES string of the molecule is CC1(C)CC(=O)c2cc(C#Cc3cncc(C#N)c3)cnc2C1. The number of pyridine rings is 2. The summed E-state index contributed by atoms with van der Waals surface area (Å²) in [6.07, 6.45) is 6.13. The van der Waals surface area contributed by atoms with Crippen LogP contribution in [0.15, 0.2) is 30.7 Å². The Kier molecular flexibility index (Phi) is 3.68. The highest BCUT2D eigenvalue weighted by Gasteiger charge is 2.31. The lowest BCUT2D eigenvalue weighted by molar-refractivity contribution is 0.0910. The van der Waals surface area contributed by atoms with Gasteiger partial charge in [0.2, 0.25) is 0 Å². The van der Waals surface area contributed by atoms with E-state index < -0.39 is 0 Å². The van der Waals surface area contributed by atoms with E-state index in [9.17, 15) is 4.79 Å². The third kappa shape index (κ3) is 3.27. The van der Waals surface area contributed by atoms with Crippen LogP contribution in [0.2, 0.25) is 0 Å². The lowest BCUT2D eigenvalue weighted by Crippen LogP contribution is -2.27. The number of fused-ring (bicyclic) bond motifs is 1. The van der Waals surface area contributed by atoms with Gasteiger partial charge >= 0.3 is 0 Å². The molecule has 0 bridgehead atoms. The second-order valence-electron chi connectivity index (χ2n) is 6.48. The van der Waals surface area contributed by atoms with Gasteiger partial charge in [-0.25, -0.2) is 0 Å². The Hall–Kier alpha value is -2.98. The van der Waals surface area contributed by atoms with E-state index in [1.165, 1.54) is 6.20 Å². The maximum Gasteiger partial charge on any atom is 0.165 e. The first-order valence-electron chi connectivity index (χ1n) is 7.36. The van der Waals surface area contributed by atoms with Crippen LogP contribution in [0.3, 0.4) is 0 Å². The van der Waals surface area contributed by atoms with E-state index in [2.05, 4.69) is 35.7 Å². The first-order valence-corrected chi connectivity index (χ1v) is 7.36. The van der Waals surface area contributed by atoms with Gasteiger partial charge in [0.25, 0.3) is 0 Å². The summed E-state index contributed by atoms with van der Waals surface area (Å²) >= 11 is 0. The first kappa shape index (κ1) is 14.9. The Balaban J connectivity index is 1.92. The summed E-state index contributed by atoms with van der Waals surface area (Å²) < 4.78 is 0. The summed E-state index contributed by atoms with van der Waals surface area (Å²) in [5.41, 5.74) is 3.32. The normalized spacial score (nSPS) is 15.1. The monoisotopic (exact) mass is 301 g/mol. The number of carbonyl (C=O) groups excluding carboxylic acids is 1. The molecule has 0 spiro atoms. The molecule has 2 heterocycles. The van der Waals surface area contributed by atoms with E-state index in [1.54, 1.807) is 18.5 Å². The zero-order valence-electron chi connectivity index (χ0n) is 13.1. The lowest BCUT2D eigenvalue weighted by atomic mass is 9.75. The zero-order valence-corrected chi connectivity index (χ0v) is 13.1. The van der Waals surface area contributed by atoms with Crippen LogP contribution in [-0.4, -0.2) is 15.8 Å². The van der Waals surface area contributed by atoms with Crippen LogP contribution >= 0.6 is 0 Å². The van der Waals surface area contributed by atoms with Crippen LogP contribution in [0, 0.1) is 28.6 Å². The molecule has 1 aliphatic rings. The molecule has 2 aromatic heterocycles. The summed E-state index contributed by atoms with van der Waals surface area (Å²) in [6.45, 7) is 4.16. The second kappa shape index (κ2) is 5.66. The van der Waals surface area contributed by atoms with E-state index in [0.717, 1.165) is 12.1 Å². The molecule has 0 amide bonds. The second-order valence-corrected chi connectivity index (χ2v) is 6.48. The number of aromatic nitrogens is 2. The minimum absolute atomic E-state index is 0.0340. The number of hydrogen-bond acceptors (Lipinski definition) is 4. The van der Waals surface area contributed by atoms with E-state index in [-0.39, 0.29) is 11.2 Å². The Labute approximate surface area is 135 Å². The first-order chi connectivity index (χ1) is 11.0. The minimum atomic E-state index is -0.0340. The molecule has 0 atom stereocenters. The van der Waals surface area contributed by atoms with Gasteiger partial charge in [-0.05, 0) is 24.0 Å². The summed E-state index contributed by atoms with van der Waals surface area (Å²) in [5.74, 6) is 6.07. The number of ketones is 1. The van der Waals surface area contributed by atoms with Crippen LogP contribution < -0.4 is 0 Å². The van der Waals surface area contributed by atoms with Gasteiger partial charge in [-0.15, -0.1) is 0 Å². The molecule has 0 saturated heterocycles. The Morgan fingerprint density at radius 2 is 1.74 bits per heavy atom. The molecule has 0 saturated carbocycles. The van der Waals surface area contributed by atoms with E-state index >= 15 is 0 Å². The Bertz CT molecular complexity index is 895. The third-order valence-electron chi connectivity index (χ3n) is 3.77. The van der Waals surface area contributed by atoms with Crippen molar-refractivity contribution >= 4 is 5.78 Å². The van der Waals surface area contributed by atoms with Gasteiger partial charge in [-0.2, -0.15) is 5.26 Å². The molecule has 4 nitrogen and oxygen atoms in total. The van der Waals surface area contributed by atoms with E-state index in [4.69, 9.17) is 5.26 Å². The van der Waals surface area contributed by atoms with Crippen molar-refractivity contribution in [3.63, 3.8) is 0 Å². The molecule has 0 unspecified atom stereocenters. The van der Waals surface area contributed by atoms with Gasteiger partial charge in [0, 0.05) is 41.7 Å². The van der Waals surface area contributed by atoms with Crippen LogP contribution in [-0.2, 0) is 6.42 Å². The predicted molar refractivity (Wildman–Crippen MR) is 85.6 cm³/mol. The summed E-state index contributed by atoms with van der Waals surface area (Å²) in [7, 11) is 0. The molecule has 2 aromatic rings. The fraction of sp³-hybridized carbons (Fsp3) is 0.263. The Morgan fingerprint density at radius 3 is 2.48 bits per heavy atom. The van der Waals surface area contributed by atoms with Crippen LogP contribution in [0.5, 0.6) is 0 Å². The molecule has 112 valence electrons. The van der Waals surface area contributed by atoms with Gasteiger partial charge in [0.1, 0.15) is 6.07 Å². The number of rotatable bonds is 0. The fourth-order valence-corrected chi connectivity index (χ4v) is 2.70. The van der Waals surface area contributed by atoms with Crippen molar-refractivity contribution in [1.82, 2.24) is 9.97 Å². The summed E-state index contributed by atoms with van der Waals surface area (Å²) in [6, 6.07) is 5.53. The van der Waals surface area contributed by atoms with Crippen LogP contribution in [0.1, 0.15) is 53.0 Å². The summed E-state index contributed by atoms with van der Waals surface area (Å²) in [5, 5.41) is 8.87. The average Bonchev–Trinajstić information content (AvgIpc) is 2.52. The van der Waals surface area contributed by atoms with E-state index in [0.29, 0.717) is 28.7 Å². The molecule has 0 fully saturated rings. The molecule has 0 N–H and O–H groups in total. The largest absolute Gasteiger partial charge is 0.294 e. The van der Waals surface area contributed by atoms with Gasteiger partial charge in [0.15, 0.2) is 5.78 Å². The zero-order chi connectivity index (χ0) is 16.4. The van der Waals surface area contributed by atoms with Crippen molar-refractivity contribution in [2.24, 2.45) is 5.41 Å². The third-order valence-corrected chi connectivity index (χ3v) is 3.77. The number of Topliss-reactive ketones (excluding diaryl/α,β-unsaturated/α-hetero) is 1. The maximum absolute atomic E-state index is 12.3. The van der Waals surface area contributed by atoms with Gasteiger partial charge in [0.05, 0.1) is 11.3 Å². The molecule has 23 heavy (non-hydrogen) atoms. The number of nitriles is 1. The topological polar surface area (TPSA) is 66.6 Å². The quantitative estimate of drug-likeness (QED) is 0.702. The van der Waals surface area contributed by atoms with Crippen molar-refractivity contribution < 1.29 is 4.79 Å². The highest BCUT2D eigenvalue weighted by molar-refractivity contribution is 5.98. The molecular weight excluding hydrogens is 286 g/mol. The number of carbonyl (C=O) groups is 1. The standard InChI is InChI=1S/C19H15N3O/c1-19(2)7-17-16(18(23)8-19)6-14(12-22-17)4-3-13-5-15(9-20)11-21-10-13/h5-6,10-12H,7-8H2,1-2H3. The summed E-state index contributed by atoms with van der Waals surface area (Å²) in [4.78, 5) is 20.7. The minimum Gasteiger partial charge on any atom is -0.294 e. The number of hydrogen-bond donors (Lipinski definition) is 0. The Morgan fingerprint density at radius 1 is 1.04 bits per heavy atom. The van der Waals surface area contributed by atoms with Crippen molar-refractivity contribution in [3.05, 3.63) is 58.7 Å². The highest BCUT2D eigenvalue weighted by Crippen LogP contribution is 2.33. The number of nitrogens with zero attached hydrogens (tertiary/aromatic N) is 3. The van der Waals surface area contributed by atoms with Gasteiger partial charge in [-0.3, -0.25) is 14.8 Å². The average molecular weight is 301 g/mol. The van der Waals surface area contributed by atoms with Crippen molar-refractivity contribution in [1.29, 1.82) is 5.26 Å². The highest BCUT2D eigenvalue weighted by atomic mass is 16.1. The smallest absolute Gasteiger partial charge is 0.165 e. The molecule has 0 aliphatic heterocycles. The van der Waals surface area contributed by atoms with Crippen molar-refractivity contribution in [3.8, 4) is 17.9 Å². The van der Waals surface area contributed by atoms with Crippen LogP contribution in [0.4, 0.5) is 0 Å². The fourth-order valence-electron chi connectivity index (χ4n) is 2.70. The molecule has 3 rings (SSSR count). The van der Waals surface area contributed by atoms with Gasteiger partial charge in [-0.1, -0.05) is 25.7 Å². The van der Waals surface area contributed by atoms with E-state index in [1.807, 2.05) is 12.1 Å². The van der Waals surface area contributed by atoms with Crippen molar-refractivity contribution in [2.75, 3.05) is 0 Å². The lowest BCUT2D eigenvalue weighted by Gasteiger charge is -2.29. The van der Waals surface area contributed by atoms with Gasteiger partial charge < -0.3 is 0 Å². The molecule has 0 radical (unpaired) electrons.